The van der Waals surface area contributed by atoms with Crippen molar-refractivity contribution < 1.29 is 18.5 Å². The van der Waals surface area contributed by atoms with Gasteiger partial charge in [-0.3, -0.25) is 9.59 Å². The maximum Gasteiger partial charge on any atom is 0.276 e. The summed E-state index contributed by atoms with van der Waals surface area (Å²) in [6.45, 7) is 8.56. The molecular formula is C22H27ClFN3O3. The number of carbonyl (C=O) groups is 2. The van der Waals surface area contributed by atoms with Gasteiger partial charge in [-0.05, 0) is 42.9 Å². The van der Waals surface area contributed by atoms with Gasteiger partial charge in [-0.15, -0.1) is 0 Å². The van der Waals surface area contributed by atoms with Crippen molar-refractivity contribution in [1.82, 2.24) is 15.4 Å². The fourth-order valence-electron chi connectivity index (χ4n) is 3.80. The second kappa shape index (κ2) is 9.16. The number of nitrogens with zero attached hydrogens (tertiary/aromatic N) is 2. The molecule has 30 heavy (non-hydrogen) atoms. The number of hydrogen-bond acceptors (Lipinski definition) is 4. The van der Waals surface area contributed by atoms with Crippen LogP contribution in [-0.2, 0) is 4.79 Å². The Balaban J connectivity index is 1.88. The van der Waals surface area contributed by atoms with Crippen LogP contribution < -0.4 is 5.32 Å². The Morgan fingerprint density at radius 3 is 2.60 bits per heavy atom. The molecule has 6 nitrogen and oxygen atoms in total. The van der Waals surface area contributed by atoms with E-state index in [1.807, 2.05) is 13.8 Å². The monoisotopic (exact) mass is 435 g/mol. The summed E-state index contributed by atoms with van der Waals surface area (Å²) in [5.74, 6) is -0.373. The molecule has 1 aromatic heterocycles. The standard InChI is InChI=1S/C22H27ClFN3O3/c1-12(2)7-15-11-27(19(8-13(3)4)21(28)25-15)22(29)18-10-20(30-26-18)16-6-5-14(23)9-17(16)24/h5-6,9-10,12-13,15,19H,7-8,11H2,1-4H3,(H,25,28)/t15-,19-/m0/s1. The molecule has 0 saturated carbocycles. The molecule has 2 heterocycles. The number of carbonyl (C=O) groups excluding carboxylic acids is 2. The minimum Gasteiger partial charge on any atom is -0.355 e. The lowest BCUT2D eigenvalue weighted by molar-refractivity contribution is -0.130. The number of aromatic nitrogens is 1. The van der Waals surface area contributed by atoms with E-state index in [9.17, 15) is 14.0 Å². The molecule has 8 heteroatoms. The Bertz CT molecular complexity index is 928. The number of halogens is 2. The predicted molar refractivity (Wildman–Crippen MR) is 113 cm³/mol. The summed E-state index contributed by atoms with van der Waals surface area (Å²) in [6, 6.07) is 4.89. The summed E-state index contributed by atoms with van der Waals surface area (Å²) in [5.41, 5.74) is 0.213. The zero-order valence-electron chi connectivity index (χ0n) is 17.6. The van der Waals surface area contributed by atoms with Crippen molar-refractivity contribution in [2.24, 2.45) is 11.8 Å². The van der Waals surface area contributed by atoms with E-state index in [1.54, 1.807) is 4.90 Å². The molecule has 0 unspecified atom stereocenters. The lowest BCUT2D eigenvalue weighted by atomic mass is 9.94. The molecule has 1 N–H and O–H groups in total. The topological polar surface area (TPSA) is 75.4 Å². The van der Waals surface area contributed by atoms with Crippen LogP contribution in [0.5, 0.6) is 0 Å². The lowest BCUT2D eigenvalue weighted by Crippen LogP contribution is -2.62. The van der Waals surface area contributed by atoms with Crippen LogP contribution >= 0.6 is 11.6 Å². The fraction of sp³-hybridized carbons (Fsp3) is 0.500. The van der Waals surface area contributed by atoms with Crippen molar-refractivity contribution in [2.75, 3.05) is 6.54 Å². The lowest BCUT2D eigenvalue weighted by Gasteiger charge is -2.40. The number of benzene rings is 1. The smallest absolute Gasteiger partial charge is 0.276 e. The average molecular weight is 436 g/mol. The number of hydrogen-bond donors (Lipinski definition) is 1. The SMILES string of the molecule is CC(C)C[C@H]1CN(C(=O)c2cc(-c3ccc(Cl)cc3F)on2)[C@@H](CC(C)C)C(=O)N1. The third-order valence-corrected chi connectivity index (χ3v) is 5.31. The molecule has 0 radical (unpaired) electrons. The van der Waals surface area contributed by atoms with Crippen molar-refractivity contribution in [3.8, 4) is 11.3 Å². The zero-order valence-corrected chi connectivity index (χ0v) is 18.4. The zero-order chi connectivity index (χ0) is 22.0. The highest BCUT2D eigenvalue weighted by Crippen LogP contribution is 2.27. The van der Waals surface area contributed by atoms with Crippen LogP contribution in [0.25, 0.3) is 11.3 Å². The Hall–Kier alpha value is -2.41. The highest BCUT2D eigenvalue weighted by atomic mass is 35.5. The van der Waals surface area contributed by atoms with Gasteiger partial charge in [-0.1, -0.05) is 44.5 Å². The third-order valence-electron chi connectivity index (χ3n) is 5.08. The van der Waals surface area contributed by atoms with E-state index >= 15 is 0 Å². The molecule has 0 spiro atoms. The van der Waals surface area contributed by atoms with Crippen LogP contribution in [0.15, 0.2) is 28.8 Å². The number of amides is 2. The molecule has 1 aromatic carbocycles. The molecule has 3 rings (SSSR count). The van der Waals surface area contributed by atoms with E-state index in [0.717, 1.165) is 6.42 Å². The van der Waals surface area contributed by atoms with E-state index in [4.69, 9.17) is 16.1 Å². The van der Waals surface area contributed by atoms with Crippen molar-refractivity contribution in [1.29, 1.82) is 0 Å². The quantitative estimate of drug-likeness (QED) is 0.723. The molecule has 0 bridgehead atoms. The first-order chi connectivity index (χ1) is 14.2. The van der Waals surface area contributed by atoms with Gasteiger partial charge in [-0.2, -0.15) is 0 Å². The van der Waals surface area contributed by atoms with Crippen molar-refractivity contribution in [3.63, 3.8) is 0 Å². The van der Waals surface area contributed by atoms with Crippen molar-refractivity contribution in [3.05, 3.63) is 40.8 Å². The normalized spacial score (nSPS) is 19.5. The van der Waals surface area contributed by atoms with Gasteiger partial charge in [-0.25, -0.2) is 4.39 Å². The van der Waals surface area contributed by atoms with E-state index in [-0.39, 0.29) is 39.9 Å². The number of piperazine rings is 1. The van der Waals surface area contributed by atoms with Gasteiger partial charge in [0, 0.05) is 23.7 Å². The van der Waals surface area contributed by atoms with Crippen LogP contribution in [-0.4, -0.2) is 40.5 Å². The van der Waals surface area contributed by atoms with Crippen molar-refractivity contribution >= 4 is 23.4 Å². The number of nitrogens with one attached hydrogen (secondary N) is 1. The summed E-state index contributed by atoms with van der Waals surface area (Å²) in [6.07, 6.45) is 1.31. The third kappa shape index (κ3) is 5.01. The summed E-state index contributed by atoms with van der Waals surface area (Å²) in [4.78, 5) is 27.6. The highest BCUT2D eigenvalue weighted by Gasteiger charge is 2.39. The van der Waals surface area contributed by atoms with Gasteiger partial charge in [0.2, 0.25) is 5.91 Å². The Morgan fingerprint density at radius 2 is 1.97 bits per heavy atom. The van der Waals surface area contributed by atoms with Crippen molar-refractivity contribution in [2.45, 2.75) is 52.6 Å². The summed E-state index contributed by atoms with van der Waals surface area (Å²) in [5, 5.41) is 7.17. The van der Waals surface area contributed by atoms with Crippen LogP contribution in [0.2, 0.25) is 5.02 Å². The molecule has 1 saturated heterocycles. The molecule has 1 aliphatic rings. The Labute approximate surface area is 180 Å². The maximum absolute atomic E-state index is 14.2. The first-order valence-electron chi connectivity index (χ1n) is 10.2. The van der Waals surface area contributed by atoms with Crippen LogP contribution in [0.1, 0.15) is 51.0 Å². The van der Waals surface area contributed by atoms with Crippen LogP contribution in [0.4, 0.5) is 4.39 Å². The molecule has 0 aliphatic carbocycles. The first-order valence-corrected chi connectivity index (χ1v) is 10.6. The summed E-state index contributed by atoms with van der Waals surface area (Å²) in [7, 11) is 0. The highest BCUT2D eigenvalue weighted by molar-refractivity contribution is 6.30. The van der Waals surface area contributed by atoms with Gasteiger partial charge in [0.15, 0.2) is 11.5 Å². The fourth-order valence-corrected chi connectivity index (χ4v) is 3.96. The number of rotatable bonds is 6. The first kappa shape index (κ1) is 22.3. The Kier molecular flexibility index (Phi) is 6.81. The molecule has 2 amide bonds. The molecular weight excluding hydrogens is 409 g/mol. The van der Waals surface area contributed by atoms with Crippen LogP contribution in [0.3, 0.4) is 0 Å². The molecule has 1 aliphatic heterocycles. The molecule has 162 valence electrons. The predicted octanol–water partition coefficient (Wildman–Crippen LogP) is 4.54. The van der Waals surface area contributed by atoms with Crippen LogP contribution in [0, 0.1) is 17.7 Å². The van der Waals surface area contributed by atoms with Gasteiger partial charge in [0.05, 0.1) is 5.56 Å². The van der Waals surface area contributed by atoms with E-state index in [1.165, 1.54) is 24.3 Å². The van der Waals surface area contributed by atoms with Gasteiger partial charge in [0.25, 0.3) is 5.91 Å². The average Bonchev–Trinajstić information content (AvgIpc) is 3.12. The minimum atomic E-state index is -0.576. The largest absolute Gasteiger partial charge is 0.355 e. The maximum atomic E-state index is 14.2. The minimum absolute atomic E-state index is 0.0473. The summed E-state index contributed by atoms with van der Waals surface area (Å²) < 4.78 is 19.4. The Morgan fingerprint density at radius 1 is 1.27 bits per heavy atom. The second-order valence-electron chi connectivity index (χ2n) is 8.64. The molecule has 2 aromatic rings. The molecule has 1 fully saturated rings. The van der Waals surface area contributed by atoms with Gasteiger partial charge in [0.1, 0.15) is 11.9 Å². The van der Waals surface area contributed by atoms with Gasteiger partial charge >= 0.3 is 0 Å². The van der Waals surface area contributed by atoms with Gasteiger partial charge < -0.3 is 14.7 Å². The summed E-state index contributed by atoms with van der Waals surface area (Å²) >= 11 is 5.80. The van der Waals surface area contributed by atoms with E-state index in [0.29, 0.717) is 18.9 Å². The van der Waals surface area contributed by atoms with E-state index in [2.05, 4.69) is 24.3 Å². The second-order valence-corrected chi connectivity index (χ2v) is 9.07. The van der Waals surface area contributed by atoms with E-state index < -0.39 is 17.8 Å². The molecule has 2 atom stereocenters.